The molecule has 0 radical (unpaired) electrons. The number of halogens is 1. The normalized spacial score (nSPS) is 12.2. The zero-order chi connectivity index (χ0) is 15.2. The minimum absolute atomic E-state index is 0.310. The summed E-state index contributed by atoms with van der Waals surface area (Å²) in [5.74, 6) is 0.957. The average molecular weight is 347 g/mol. The topological polar surface area (TPSA) is 9.23 Å². The third-order valence-corrected chi connectivity index (χ3v) is 4.53. The van der Waals surface area contributed by atoms with Crippen molar-refractivity contribution < 1.29 is 4.74 Å². The monoisotopic (exact) mass is 346 g/mol. The highest BCUT2D eigenvalue weighted by Gasteiger charge is 2.10. The summed E-state index contributed by atoms with van der Waals surface area (Å²) >= 11 is 3.81. The van der Waals surface area contributed by atoms with Crippen molar-refractivity contribution in [2.75, 3.05) is 6.61 Å². The molecule has 0 aliphatic carbocycles. The minimum Gasteiger partial charge on any atom is -0.494 e. The molecule has 1 atom stereocenters. The zero-order valence-electron chi connectivity index (χ0n) is 13.0. The number of rotatable bonds is 6. The molecule has 2 rings (SSSR count). The molecule has 0 N–H and O–H groups in total. The van der Waals surface area contributed by atoms with Crippen LogP contribution in [0, 0.1) is 13.8 Å². The number of aryl methyl sites for hydroxylation is 2. The van der Waals surface area contributed by atoms with Crippen molar-refractivity contribution in [2.45, 2.75) is 38.4 Å². The molecule has 0 fully saturated rings. The Bertz CT molecular complexity index is 592. The second kappa shape index (κ2) is 7.65. The number of ether oxygens (including phenoxy) is 1. The summed E-state index contributed by atoms with van der Waals surface area (Å²) in [6.45, 7) is 7.21. The van der Waals surface area contributed by atoms with Crippen LogP contribution in [-0.4, -0.2) is 6.61 Å². The van der Waals surface area contributed by atoms with Crippen LogP contribution in [0.15, 0.2) is 42.5 Å². The molecule has 0 saturated carbocycles. The smallest absolute Gasteiger partial charge is 0.119 e. The summed E-state index contributed by atoms with van der Waals surface area (Å²) in [7, 11) is 0. The Kier molecular flexibility index (Phi) is 5.86. The second-order valence-electron chi connectivity index (χ2n) is 5.51. The van der Waals surface area contributed by atoms with E-state index in [9.17, 15) is 0 Å². The van der Waals surface area contributed by atoms with Crippen molar-refractivity contribution in [1.82, 2.24) is 0 Å². The summed E-state index contributed by atoms with van der Waals surface area (Å²) in [6, 6.07) is 15.1. The highest BCUT2D eigenvalue weighted by atomic mass is 79.9. The van der Waals surface area contributed by atoms with Crippen molar-refractivity contribution in [2.24, 2.45) is 0 Å². The van der Waals surface area contributed by atoms with Gasteiger partial charge in [0.25, 0.3) is 0 Å². The fourth-order valence-corrected chi connectivity index (χ4v) is 2.93. The molecule has 1 nitrogen and oxygen atoms in total. The van der Waals surface area contributed by atoms with Crippen LogP contribution in [0.25, 0.3) is 0 Å². The summed E-state index contributed by atoms with van der Waals surface area (Å²) in [5.41, 5.74) is 5.33. The Morgan fingerprint density at radius 1 is 1.05 bits per heavy atom. The lowest BCUT2D eigenvalue weighted by Crippen LogP contribution is -1.99. The number of hydrogen-bond acceptors (Lipinski definition) is 1. The first-order valence-electron chi connectivity index (χ1n) is 7.53. The van der Waals surface area contributed by atoms with Crippen LogP contribution in [0.2, 0.25) is 0 Å². The van der Waals surface area contributed by atoms with Gasteiger partial charge in [0, 0.05) is 4.83 Å². The molecule has 0 aromatic heterocycles. The molecule has 0 saturated heterocycles. The van der Waals surface area contributed by atoms with Crippen molar-refractivity contribution in [3.05, 3.63) is 64.7 Å². The first-order valence-corrected chi connectivity index (χ1v) is 8.44. The van der Waals surface area contributed by atoms with Gasteiger partial charge in [-0.2, -0.15) is 0 Å². The maximum absolute atomic E-state index is 5.71. The summed E-state index contributed by atoms with van der Waals surface area (Å²) in [4.78, 5) is 0.310. The molecule has 21 heavy (non-hydrogen) atoms. The molecule has 0 heterocycles. The van der Waals surface area contributed by atoms with E-state index in [0.717, 1.165) is 25.2 Å². The Labute approximate surface area is 136 Å². The van der Waals surface area contributed by atoms with Gasteiger partial charge >= 0.3 is 0 Å². The molecule has 0 amide bonds. The molecule has 1 unspecified atom stereocenters. The predicted octanol–water partition coefficient (Wildman–Crippen LogP) is 5.77. The van der Waals surface area contributed by atoms with Crippen LogP contribution in [0.3, 0.4) is 0 Å². The van der Waals surface area contributed by atoms with E-state index in [-0.39, 0.29) is 0 Å². The van der Waals surface area contributed by atoms with Gasteiger partial charge in [-0.1, -0.05) is 53.2 Å². The van der Waals surface area contributed by atoms with Crippen molar-refractivity contribution in [3.8, 4) is 5.75 Å². The Morgan fingerprint density at radius 2 is 1.86 bits per heavy atom. The van der Waals surface area contributed by atoms with Gasteiger partial charge in [-0.25, -0.2) is 0 Å². The number of benzene rings is 2. The van der Waals surface area contributed by atoms with E-state index in [1.165, 1.54) is 22.3 Å². The van der Waals surface area contributed by atoms with Crippen LogP contribution < -0.4 is 4.74 Å². The molecule has 0 spiro atoms. The lowest BCUT2D eigenvalue weighted by atomic mass is 10.0. The highest BCUT2D eigenvalue weighted by Crippen LogP contribution is 2.30. The lowest BCUT2D eigenvalue weighted by Gasteiger charge is -2.13. The quantitative estimate of drug-likeness (QED) is 0.603. The van der Waals surface area contributed by atoms with E-state index in [2.05, 4.69) is 73.1 Å². The largest absolute Gasteiger partial charge is 0.494 e. The van der Waals surface area contributed by atoms with Crippen LogP contribution in [0.1, 0.15) is 40.4 Å². The van der Waals surface area contributed by atoms with E-state index in [4.69, 9.17) is 4.74 Å². The summed E-state index contributed by atoms with van der Waals surface area (Å²) in [5, 5.41) is 0. The van der Waals surface area contributed by atoms with Gasteiger partial charge in [0.15, 0.2) is 0 Å². The van der Waals surface area contributed by atoms with Crippen LogP contribution in [0.5, 0.6) is 5.75 Å². The molecule has 112 valence electrons. The molecule has 2 aromatic rings. The number of hydrogen-bond donors (Lipinski definition) is 0. The van der Waals surface area contributed by atoms with Crippen molar-refractivity contribution >= 4 is 15.9 Å². The Balaban J connectivity index is 2.08. The van der Waals surface area contributed by atoms with Gasteiger partial charge in [-0.05, 0) is 61.1 Å². The maximum Gasteiger partial charge on any atom is 0.119 e. The van der Waals surface area contributed by atoms with E-state index in [1.54, 1.807) is 0 Å². The Morgan fingerprint density at radius 3 is 2.57 bits per heavy atom. The van der Waals surface area contributed by atoms with Crippen LogP contribution >= 0.6 is 15.9 Å². The molecular formula is C19H23BrO. The van der Waals surface area contributed by atoms with Gasteiger partial charge in [0.05, 0.1) is 6.61 Å². The standard InChI is InChI=1S/C19H23BrO/c1-4-10-21-18-7-5-6-17(13-18)19(20)12-16-9-8-14(2)15(3)11-16/h5-9,11,13,19H,4,10,12H2,1-3H3. The van der Waals surface area contributed by atoms with E-state index in [1.807, 2.05) is 6.07 Å². The predicted molar refractivity (Wildman–Crippen MR) is 93.5 cm³/mol. The zero-order valence-corrected chi connectivity index (χ0v) is 14.6. The van der Waals surface area contributed by atoms with Gasteiger partial charge in [-0.15, -0.1) is 0 Å². The third-order valence-electron chi connectivity index (χ3n) is 3.68. The van der Waals surface area contributed by atoms with Gasteiger partial charge in [0.2, 0.25) is 0 Å². The summed E-state index contributed by atoms with van der Waals surface area (Å²) in [6.07, 6.45) is 2.02. The van der Waals surface area contributed by atoms with Crippen LogP contribution in [-0.2, 0) is 6.42 Å². The minimum atomic E-state index is 0.310. The molecule has 0 aliphatic rings. The maximum atomic E-state index is 5.71. The Hall–Kier alpha value is -1.28. The van der Waals surface area contributed by atoms with E-state index < -0.39 is 0 Å². The van der Waals surface area contributed by atoms with Gasteiger partial charge in [-0.3, -0.25) is 0 Å². The van der Waals surface area contributed by atoms with Crippen LogP contribution in [0.4, 0.5) is 0 Å². The van der Waals surface area contributed by atoms with Crippen molar-refractivity contribution in [1.29, 1.82) is 0 Å². The first-order chi connectivity index (χ1) is 10.1. The second-order valence-corrected chi connectivity index (χ2v) is 6.62. The van der Waals surface area contributed by atoms with Gasteiger partial charge in [0.1, 0.15) is 5.75 Å². The van der Waals surface area contributed by atoms with E-state index >= 15 is 0 Å². The fraction of sp³-hybridized carbons (Fsp3) is 0.368. The first kappa shape index (κ1) is 16.1. The molecule has 0 bridgehead atoms. The lowest BCUT2D eigenvalue weighted by molar-refractivity contribution is 0.317. The molecule has 2 heteroatoms. The highest BCUT2D eigenvalue weighted by molar-refractivity contribution is 9.09. The molecular weight excluding hydrogens is 324 g/mol. The summed E-state index contributed by atoms with van der Waals surface area (Å²) < 4.78 is 5.71. The SMILES string of the molecule is CCCOc1cccc(C(Br)Cc2ccc(C)c(C)c2)c1. The van der Waals surface area contributed by atoms with Crippen molar-refractivity contribution in [3.63, 3.8) is 0 Å². The fourth-order valence-electron chi connectivity index (χ4n) is 2.27. The molecule has 2 aromatic carbocycles. The third kappa shape index (κ3) is 4.60. The van der Waals surface area contributed by atoms with Gasteiger partial charge < -0.3 is 4.74 Å². The average Bonchev–Trinajstić information content (AvgIpc) is 2.49. The van der Waals surface area contributed by atoms with E-state index in [0.29, 0.717) is 4.83 Å². The molecule has 0 aliphatic heterocycles. The number of alkyl halides is 1.